The summed E-state index contributed by atoms with van der Waals surface area (Å²) in [7, 11) is 0. The van der Waals surface area contributed by atoms with Crippen molar-refractivity contribution >= 4 is 0 Å². The molecule has 0 aromatic heterocycles. The Morgan fingerprint density at radius 2 is 2.12 bits per heavy atom. The third-order valence-corrected chi connectivity index (χ3v) is 3.85. The number of aryl methyl sites for hydroxylation is 1. The number of rotatable bonds is 2. The van der Waals surface area contributed by atoms with E-state index in [0.29, 0.717) is 6.42 Å². The Labute approximate surface area is 103 Å². The number of aliphatic hydroxyl groups is 1. The van der Waals surface area contributed by atoms with E-state index >= 15 is 0 Å². The summed E-state index contributed by atoms with van der Waals surface area (Å²) in [6.07, 6.45) is 3.90. The lowest BCUT2D eigenvalue weighted by Gasteiger charge is -2.34. The van der Waals surface area contributed by atoms with Crippen LogP contribution in [0.3, 0.4) is 0 Å². The number of nitriles is 1. The van der Waals surface area contributed by atoms with Gasteiger partial charge in [0.1, 0.15) is 0 Å². The minimum atomic E-state index is -0.468. The highest BCUT2D eigenvalue weighted by Gasteiger charge is 2.37. The molecule has 2 unspecified atom stereocenters. The average molecular weight is 229 g/mol. The van der Waals surface area contributed by atoms with Gasteiger partial charge in [0.05, 0.1) is 17.6 Å². The van der Waals surface area contributed by atoms with Crippen LogP contribution in [-0.2, 0) is 11.8 Å². The van der Waals surface area contributed by atoms with Gasteiger partial charge in [0, 0.05) is 0 Å². The fourth-order valence-corrected chi connectivity index (χ4v) is 2.73. The first-order valence-corrected chi connectivity index (χ1v) is 6.39. The second-order valence-electron chi connectivity index (χ2n) is 4.99. The maximum Gasteiger partial charge on any atom is 0.0846 e. The fraction of sp³-hybridized carbons (Fsp3) is 0.533. The van der Waals surface area contributed by atoms with E-state index in [2.05, 4.69) is 37.3 Å². The molecule has 1 aliphatic carbocycles. The Kier molecular flexibility index (Phi) is 3.49. The molecule has 0 saturated heterocycles. The summed E-state index contributed by atoms with van der Waals surface area (Å²) in [6, 6.07) is 10.7. The number of aliphatic hydroxyl groups excluding tert-OH is 1. The molecule has 2 nitrogen and oxygen atoms in total. The van der Waals surface area contributed by atoms with Gasteiger partial charge < -0.3 is 5.11 Å². The van der Waals surface area contributed by atoms with E-state index in [1.165, 1.54) is 5.56 Å². The summed E-state index contributed by atoms with van der Waals surface area (Å²) in [5.74, 6) is 0. The zero-order valence-electron chi connectivity index (χ0n) is 10.3. The van der Waals surface area contributed by atoms with Crippen molar-refractivity contribution in [3.05, 3.63) is 35.4 Å². The zero-order chi connectivity index (χ0) is 12.3. The van der Waals surface area contributed by atoms with Crippen molar-refractivity contribution in [1.29, 1.82) is 5.26 Å². The van der Waals surface area contributed by atoms with Crippen LogP contribution in [0.1, 0.15) is 43.7 Å². The van der Waals surface area contributed by atoms with E-state index < -0.39 is 5.41 Å². The first-order chi connectivity index (χ1) is 8.20. The second kappa shape index (κ2) is 4.89. The Hall–Kier alpha value is -1.33. The third kappa shape index (κ3) is 2.35. The molecule has 0 spiro atoms. The summed E-state index contributed by atoms with van der Waals surface area (Å²) in [5.41, 5.74) is 1.89. The molecule has 1 saturated carbocycles. The van der Waals surface area contributed by atoms with Gasteiger partial charge >= 0.3 is 0 Å². The molecule has 0 heterocycles. The van der Waals surface area contributed by atoms with Crippen LogP contribution >= 0.6 is 0 Å². The van der Waals surface area contributed by atoms with Crippen molar-refractivity contribution in [3.8, 4) is 6.07 Å². The lowest BCUT2D eigenvalue weighted by Crippen LogP contribution is -2.33. The first-order valence-electron chi connectivity index (χ1n) is 6.39. The number of hydrogen-bond donors (Lipinski definition) is 1. The maximum atomic E-state index is 9.79. The molecule has 1 N–H and O–H groups in total. The maximum absolute atomic E-state index is 9.79. The lowest BCUT2D eigenvalue weighted by molar-refractivity contribution is 0.102. The Bertz CT molecular complexity index is 418. The van der Waals surface area contributed by atoms with Gasteiger partial charge in [-0.05, 0) is 43.2 Å². The number of benzene rings is 1. The van der Waals surface area contributed by atoms with Crippen molar-refractivity contribution in [1.82, 2.24) is 0 Å². The van der Waals surface area contributed by atoms with Gasteiger partial charge in [0.2, 0.25) is 0 Å². The van der Waals surface area contributed by atoms with E-state index in [-0.39, 0.29) is 6.10 Å². The van der Waals surface area contributed by atoms with Gasteiger partial charge in [-0.1, -0.05) is 31.2 Å². The normalized spacial score (nSPS) is 28.6. The van der Waals surface area contributed by atoms with Crippen molar-refractivity contribution in [2.75, 3.05) is 0 Å². The smallest absolute Gasteiger partial charge is 0.0846 e. The molecule has 0 radical (unpaired) electrons. The van der Waals surface area contributed by atoms with Gasteiger partial charge in [-0.25, -0.2) is 0 Å². The van der Waals surface area contributed by atoms with Crippen molar-refractivity contribution < 1.29 is 5.11 Å². The summed E-state index contributed by atoms with van der Waals surface area (Å²) >= 11 is 0. The zero-order valence-corrected chi connectivity index (χ0v) is 10.3. The largest absolute Gasteiger partial charge is 0.393 e. The molecule has 0 aliphatic heterocycles. The van der Waals surface area contributed by atoms with E-state index in [1.54, 1.807) is 0 Å². The average Bonchev–Trinajstić information content (AvgIpc) is 2.38. The van der Waals surface area contributed by atoms with Crippen molar-refractivity contribution in [2.24, 2.45) is 0 Å². The molecular weight excluding hydrogens is 210 g/mol. The molecule has 1 aliphatic rings. The van der Waals surface area contributed by atoms with Crippen LogP contribution in [0.15, 0.2) is 24.3 Å². The minimum absolute atomic E-state index is 0.325. The SMILES string of the molecule is CCc1ccc(C2(C#N)CCCC(O)C2)cc1. The molecule has 0 bridgehead atoms. The summed E-state index contributed by atoms with van der Waals surface area (Å²) < 4.78 is 0. The van der Waals surface area contributed by atoms with E-state index in [0.717, 1.165) is 31.2 Å². The minimum Gasteiger partial charge on any atom is -0.393 e. The van der Waals surface area contributed by atoms with Gasteiger partial charge in [0.25, 0.3) is 0 Å². The highest BCUT2D eigenvalue weighted by atomic mass is 16.3. The van der Waals surface area contributed by atoms with Gasteiger partial charge in [-0.15, -0.1) is 0 Å². The molecule has 2 atom stereocenters. The van der Waals surface area contributed by atoms with Crippen LogP contribution in [0.25, 0.3) is 0 Å². The van der Waals surface area contributed by atoms with Crippen LogP contribution < -0.4 is 0 Å². The standard InChI is InChI=1S/C15H19NO/c1-2-12-5-7-13(8-6-12)15(11-16)9-3-4-14(17)10-15/h5-8,14,17H,2-4,9-10H2,1H3. The lowest BCUT2D eigenvalue weighted by atomic mass is 9.69. The molecular formula is C15H19NO. The predicted octanol–water partition coefficient (Wildman–Crippen LogP) is 2.95. The van der Waals surface area contributed by atoms with E-state index in [1.807, 2.05) is 0 Å². The quantitative estimate of drug-likeness (QED) is 0.847. The highest BCUT2D eigenvalue weighted by molar-refractivity contribution is 5.35. The number of hydrogen-bond acceptors (Lipinski definition) is 2. The Morgan fingerprint density at radius 1 is 1.41 bits per heavy atom. The molecule has 1 aromatic carbocycles. The van der Waals surface area contributed by atoms with Crippen LogP contribution in [0.2, 0.25) is 0 Å². The topological polar surface area (TPSA) is 44.0 Å². The summed E-state index contributed by atoms with van der Waals surface area (Å²) in [6.45, 7) is 2.12. The highest BCUT2D eigenvalue weighted by Crippen LogP contribution is 2.39. The molecule has 0 amide bonds. The summed E-state index contributed by atoms with van der Waals surface area (Å²) in [5, 5.41) is 19.3. The van der Waals surface area contributed by atoms with Gasteiger partial charge in [-0.2, -0.15) is 5.26 Å². The molecule has 1 aromatic rings. The first kappa shape index (κ1) is 12.1. The predicted molar refractivity (Wildman–Crippen MR) is 67.6 cm³/mol. The van der Waals surface area contributed by atoms with Crippen LogP contribution in [0.4, 0.5) is 0 Å². The van der Waals surface area contributed by atoms with E-state index in [4.69, 9.17) is 0 Å². The van der Waals surface area contributed by atoms with Gasteiger partial charge in [0.15, 0.2) is 0 Å². The third-order valence-electron chi connectivity index (χ3n) is 3.85. The van der Waals surface area contributed by atoms with Crippen molar-refractivity contribution in [2.45, 2.75) is 50.5 Å². The van der Waals surface area contributed by atoms with E-state index in [9.17, 15) is 10.4 Å². The van der Waals surface area contributed by atoms with Crippen molar-refractivity contribution in [3.63, 3.8) is 0 Å². The molecule has 17 heavy (non-hydrogen) atoms. The van der Waals surface area contributed by atoms with Gasteiger partial charge in [-0.3, -0.25) is 0 Å². The molecule has 2 rings (SSSR count). The Balaban J connectivity index is 2.30. The molecule has 90 valence electrons. The monoisotopic (exact) mass is 229 g/mol. The summed E-state index contributed by atoms with van der Waals surface area (Å²) in [4.78, 5) is 0. The Morgan fingerprint density at radius 3 is 2.65 bits per heavy atom. The van der Waals surface area contributed by atoms with Crippen LogP contribution in [0, 0.1) is 11.3 Å². The molecule has 2 heteroatoms. The number of nitrogens with zero attached hydrogens (tertiary/aromatic N) is 1. The van der Waals surface area contributed by atoms with Crippen LogP contribution in [0.5, 0.6) is 0 Å². The fourth-order valence-electron chi connectivity index (χ4n) is 2.73. The molecule has 1 fully saturated rings. The van der Waals surface area contributed by atoms with Crippen LogP contribution in [-0.4, -0.2) is 11.2 Å². The second-order valence-corrected chi connectivity index (χ2v) is 4.99.